The van der Waals surface area contributed by atoms with Gasteiger partial charge in [-0.1, -0.05) is 141 Å². The Morgan fingerprint density at radius 1 is 0.471 bits per heavy atom. The summed E-state index contributed by atoms with van der Waals surface area (Å²) in [6.07, 6.45) is 28.6. The van der Waals surface area contributed by atoms with Crippen LogP contribution < -0.4 is 0 Å². The zero-order valence-electron chi connectivity index (χ0n) is 23.6. The molecule has 1 aromatic carbocycles. The minimum atomic E-state index is 0.318. The van der Waals surface area contributed by atoms with Gasteiger partial charge < -0.3 is 0 Å². The van der Waals surface area contributed by atoms with Crippen LogP contribution in [0.5, 0.6) is 0 Å². The molecule has 0 atom stereocenters. The van der Waals surface area contributed by atoms with Gasteiger partial charge >= 0.3 is 0 Å². The quantitative estimate of drug-likeness (QED) is 0.118. The lowest BCUT2D eigenvalue weighted by molar-refractivity contribution is 0.408. The van der Waals surface area contributed by atoms with E-state index in [4.69, 9.17) is 0 Å². The molecule has 0 amide bonds. The number of unbranched alkanes of at least 4 members (excludes halogenated alkanes) is 12. The Kier molecular flexibility index (Phi) is 16.3. The summed E-state index contributed by atoms with van der Waals surface area (Å²) in [5.74, 6) is 0. The largest absolute Gasteiger partial charge is 0.103 e. The van der Waals surface area contributed by atoms with E-state index in [2.05, 4.69) is 77.3 Å². The van der Waals surface area contributed by atoms with Crippen molar-refractivity contribution < 1.29 is 0 Å². The zero-order valence-corrected chi connectivity index (χ0v) is 23.6. The van der Waals surface area contributed by atoms with Crippen LogP contribution >= 0.6 is 0 Å². The molecule has 0 spiro atoms. The Balaban J connectivity index is 1.97. The molecule has 1 rings (SSSR count). The minimum absolute atomic E-state index is 0.318. The SMILES string of the molecule is C=CC(C)(C)CCCCCCCCCc1ccc(CCCCCCCCCC(C)(C)C=C)cc1. The summed E-state index contributed by atoms with van der Waals surface area (Å²) in [6.45, 7) is 17.1. The van der Waals surface area contributed by atoms with Crippen LogP contribution in [0.1, 0.15) is 142 Å². The van der Waals surface area contributed by atoms with Crippen LogP contribution in [0.4, 0.5) is 0 Å². The summed E-state index contributed by atoms with van der Waals surface area (Å²) < 4.78 is 0. The molecule has 34 heavy (non-hydrogen) atoms. The standard InChI is InChI=1S/C34H58/c1-7-33(3,4)29-21-17-13-9-11-15-19-23-31-25-27-32(28-26-31)24-20-16-12-10-14-18-22-30-34(5,6)8-2/h7-8,25-28H,1-2,9-24,29-30H2,3-6H3. The lowest BCUT2D eigenvalue weighted by atomic mass is 9.87. The number of allylic oxidation sites excluding steroid dienone is 2. The van der Waals surface area contributed by atoms with Gasteiger partial charge in [0.15, 0.2) is 0 Å². The molecule has 0 aliphatic carbocycles. The Bertz CT molecular complexity index is 574. The van der Waals surface area contributed by atoms with Crippen molar-refractivity contribution in [3.8, 4) is 0 Å². The summed E-state index contributed by atoms with van der Waals surface area (Å²) in [5, 5.41) is 0. The second-order valence-corrected chi connectivity index (χ2v) is 12.2. The summed E-state index contributed by atoms with van der Waals surface area (Å²) >= 11 is 0. The zero-order chi connectivity index (χ0) is 25.1. The second kappa shape index (κ2) is 18.0. The molecule has 0 aliphatic rings. The van der Waals surface area contributed by atoms with Crippen molar-refractivity contribution in [1.82, 2.24) is 0 Å². The van der Waals surface area contributed by atoms with Crippen LogP contribution in [-0.4, -0.2) is 0 Å². The fourth-order valence-electron chi connectivity index (χ4n) is 4.66. The average Bonchev–Trinajstić information content (AvgIpc) is 2.82. The summed E-state index contributed by atoms with van der Waals surface area (Å²) in [6, 6.07) is 9.51. The third-order valence-electron chi connectivity index (χ3n) is 7.70. The third-order valence-corrected chi connectivity index (χ3v) is 7.70. The third kappa shape index (κ3) is 16.3. The molecule has 0 N–H and O–H groups in total. The van der Waals surface area contributed by atoms with E-state index in [1.807, 2.05) is 0 Å². The van der Waals surface area contributed by atoms with E-state index in [0.717, 1.165) is 0 Å². The van der Waals surface area contributed by atoms with Crippen molar-refractivity contribution >= 4 is 0 Å². The Morgan fingerprint density at radius 3 is 1.03 bits per heavy atom. The van der Waals surface area contributed by atoms with E-state index in [1.165, 1.54) is 127 Å². The van der Waals surface area contributed by atoms with Crippen LogP contribution in [0.2, 0.25) is 0 Å². The number of rotatable bonds is 22. The summed E-state index contributed by atoms with van der Waals surface area (Å²) in [5.41, 5.74) is 3.68. The first-order valence-corrected chi connectivity index (χ1v) is 14.6. The Morgan fingerprint density at radius 2 is 0.735 bits per heavy atom. The lowest BCUT2D eigenvalue weighted by Gasteiger charge is -2.19. The van der Waals surface area contributed by atoms with Crippen LogP contribution in [0, 0.1) is 10.8 Å². The van der Waals surface area contributed by atoms with Gasteiger partial charge in [0.25, 0.3) is 0 Å². The molecule has 0 unspecified atom stereocenters. The molecular weight excluding hydrogens is 408 g/mol. The molecule has 0 nitrogen and oxygen atoms in total. The first-order valence-electron chi connectivity index (χ1n) is 14.6. The van der Waals surface area contributed by atoms with Crippen LogP contribution in [0.15, 0.2) is 49.6 Å². The van der Waals surface area contributed by atoms with Crippen LogP contribution in [0.3, 0.4) is 0 Å². The smallest absolute Gasteiger partial charge is 0.0178 e. The summed E-state index contributed by atoms with van der Waals surface area (Å²) in [7, 11) is 0. The number of hydrogen-bond acceptors (Lipinski definition) is 0. The minimum Gasteiger partial charge on any atom is -0.103 e. The molecule has 0 radical (unpaired) electrons. The normalized spacial score (nSPS) is 12.1. The highest BCUT2D eigenvalue weighted by molar-refractivity contribution is 5.22. The van der Waals surface area contributed by atoms with Crippen molar-refractivity contribution in [3.63, 3.8) is 0 Å². The topological polar surface area (TPSA) is 0 Å². The highest BCUT2D eigenvalue weighted by Gasteiger charge is 2.12. The lowest BCUT2D eigenvalue weighted by Crippen LogP contribution is -2.05. The Hall–Kier alpha value is -1.30. The van der Waals surface area contributed by atoms with Gasteiger partial charge in [-0.05, 0) is 60.5 Å². The van der Waals surface area contributed by atoms with Gasteiger partial charge in [-0.3, -0.25) is 0 Å². The molecule has 0 aromatic heterocycles. The molecule has 0 bridgehead atoms. The monoisotopic (exact) mass is 466 g/mol. The van der Waals surface area contributed by atoms with Crippen molar-refractivity contribution in [1.29, 1.82) is 0 Å². The van der Waals surface area contributed by atoms with Gasteiger partial charge in [-0.15, -0.1) is 13.2 Å². The van der Waals surface area contributed by atoms with E-state index in [0.29, 0.717) is 10.8 Å². The maximum absolute atomic E-state index is 3.95. The fourth-order valence-corrected chi connectivity index (χ4v) is 4.66. The first kappa shape index (κ1) is 30.7. The maximum Gasteiger partial charge on any atom is -0.0178 e. The molecule has 194 valence electrons. The maximum atomic E-state index is 3.95. The predicted octanol–water partition coefficient (Wildman–Crippen LogP) is 11.4. The number of benzene rings is 1. The Labute approximate surface area is 214 Å². The first-order chi connectivity index (χ1) is 16.3. The summed E-state index contributed by atoms with van der Waals surface area (Å²) in [4.78, 5) is 0. The van der Waals surface area contributed by atoms with Gasteiger partial charge in [0.05, 0.1) is 0 Å². The van der Waals surface area contributed by atoms with Gasteiger partial charge in [0.1, 0.15) is 0 Å². The van der Waals surface area contributed by atoms with Crippen molar-refractivity contribution in [2.75, 3.05) is 0 Å². The fraction of sp³-hybridized carbons (Fsp3) is 0.706. The molecular formula is C34H58. The number of hydrogen-bond donors (Lipinski definition) is 0. The molecule has 0 heteroatoms. The molecule has 0 fully saturated rings. The molecule has 0 heterocycles. The molecule has 0 aliphatic heterocycles. The van der Waals surface area contributed by atoms with Gasteiger partial charge in [0.2, 0.25) is 0 Å². The van der Waals surface area contributed by atoms with E-state index >= 15 is 0 Å². The van der Waals surface area contributed by atoms with Gasteiger partial charge in [0, 0.05) is 0 Å². The van der Waals surface area contributed by atoms with Crippen molar-refractivity contribution in [2.45, 2.75) is 143 Å². The highest BCUT2D eigenvalue weighted by Crippen LogP contribution is 2.26. The van der Waals surface area contributed by atoms with Crippen molar-refractivity contribution in [2.24, 2.45) is 10.8 Å². The average molecular weight is 467 g/mol. The van der Waals surface area contributed by atoms with E-state index in [-0.39, 0.29) is 0 Å². The molecule has 0 saturated heterocycles. The van der Waals surface area contributed by atoms with Gasteiger partial charge in [-0.2, -0.15) is 0 Å². The van der Waals surface area contributed by atoms with E-state index in [1.54, 1.807) is 0 Å². The predicted molar refractivity (Wildman–Crippen MR) is 156 cm³/mol. The van der Waals surface area contributed by atoms with E-state index < -0.39 is 0 Å². The van der Waals surface area contributed by atoms with Crippen molar-refractivity contribution in [3.05, 3.63) is 60.7 Å². The second-order valence-electron chi connectivity index (χ2n) is 12.2. The number of aryl methyl sites for hydroxylation is 2. The van der Waals surface area contributed by atoms with Gasteiger partial charge in [-0.25, -0.2) is 0 Å². The molecule has 1 aromatic rings. The molecule has 0 saturated carbocycles. The van der Waals surface area contributed by atoms with Crippen LogP contribution in [-0.2, 0) is 12.8 Å². The highest BCUT2D eigenvalue weighted by atomic mass is 14.2. The van der Waals surface area contributed by atoms with E-state index in [9.17, 15) is 0 Å². The van der Waals surface area contributed by atoms with Crippen LogP contribution in [0.25, 0.3) is 0 Å².